The first-order valence-corrected chi connectivity index (χ1v) is 7.05. The van der Waals surface area contributed by atoms with Gasteiger partial charge in [0.25, 0.3) is 0 Å². The lowest BCUT2D eigenvalue weighted by Gasteiger charge is -2.27. The van der Waals surface area contributed by atoms with Gasteiger partial charge in [0.1, 0.15) is 0 Å². The summed E-state index contributed by atoms with van der Waals surface area (Å²) in [6, 6.07) is 6.40. The summed E-state index contributed by atoms with van der Waals surface area (Å²) in [5.41, 5.74) is 3.92. The van der Waals surface area contributed by atoms with Crippen molar-refractivity contribution in [3.8, 4) is 0 Å². The lowest BCUT2D eigenvalue weighted by atomic mass is 10.0. The van der Waals surface area contributed by atoms with E-state index in [9.17, 15) is 4.79 Å². The summed E-state index contributed by atoms with van der Waals surface area (Å²) in [6.07, 6.45) is 2.52. The van der Waals surface area contributed by atoms with Crippen LogP contribution in [0.25, 0.3) is 0 Å². The van der Waals surface area contributed by atoms with Gasteiger partial charge in [0.15, 0.2) is 0 Å². The van der Waals surface area contributed by atoms with Gasteiger partial charge < -0.3 is 15.0 Å². The van der Waals surface area contributed by atoms with Crippen molar-refractivity contribution < 1.29 is 9.53 Å². The summed E-state index contributed by atoms with van der Waals surface area (Å²) in [7, 11) is 0. The number of aryl methyl sites for hydroxylation is 1. The first kappa shape index (κ1) is 12.5. The summed E-state index contributed by atoms with van der Waals surface area (Å²) in [6.45, 7) is 3.85. The highest BCUT2D eigenvalue weighted by Crippen LogP contribution is 2.27. The fourth-order valence-electron chi connectivity index (χ4n) is 2.83. The number of para-hydroxylation sites is 1. The molecule has 19 heavy (non-hydrogen) atoms. The Bertz CT molecular complexity index is 467. The van der Waals surface area contributed by atoms with Gasteiger partial charge in [-0.25, -0.2) is 0 Å². The number of hydrogen-bond donors (Lipinski definition) is 1. The summed E-state index contributed by atoms with van der Waals surface area (Å²) in [5.74, 6) is 0.249. The molecule has 1 fully saturated rings. The number of anilines is 1. The fraction of sp³-hybridized carbons (Fsp3) is 0.533. The molecule has 2 aliphatic heterocycles. The van der Waals surface area contributed by atoms with Crippen molar-refractivity contribution in [2.24, 2.45) is 0 Å². The third kappa shape index (κ3) is 2.73. The zero-order chi connectivity index (χ0) is 13.1. The molecule has 1 saturated heterocycles. The average Bonchev–Trinajstić information content (AvgIpc) is 2.94. The number of ether oxygens (including phenoxy) is 1. The Morgan fingerprint density at radius 1 is 1.32 bits per heavy atom. The molecule has 0 aliphatic carbocycles. The van der Waals surface area contributed by atoms with Crippen LogP contribution in [0.15, 0.2) is 18.2 Å². The SMILES string of the molecule is O=C(CCc1cccc2c1NCC2)N1CCOCC1. The largest absolute Gasteiger partial charge is 0.384 e. The molecule has 102 valence electrons. The molecule has 0 saturated carbocycles. The average molecular weight is 260 g/mol. The number of amides is 1. The van der Waals surface area contributed by atoms with Crippen LogP contribution in [0.2, 0.25) is 0 Å². The van der Waals surface area contributed by atoms with E-state index >= 15 is 0 Å². The van der Waals surface area contributed by atoms with Crippen molar-refractivity contribution in [1.82, 2.24) is 4.90 Å². The zero-order valence-corrected chi connectivity index (χ0v) is 11.2. The molecule has 1 aromatic carbocycles. The van der Waals surface area contributed by atoms with E-state index in [4.69, 9.17) is 4.74 Å². The second-order valence-corrected chi connectivity index (χ2v) is 5.12. The van der Waals surface area contributed by atoms with Gasteiger partial charge in [-0.1, -0.05) is 18.2 Å². The normalized spacial score (nSPS) is 18.0. The molecule has 0 radical (unpaired) electrons. The number of hydrogen-bond acceptors (Lipinski definition) is 3. The minimum atomic E-state index is 0.249. The molecule has 2 aliphatic rings. The Labute approximate surface area is 113 Å². The first-order chi connectivity index (χ1) is 9.34. The predicted octanol–water partition coefficient (Wildman–Crippen LogP) is 1.45. The number of carbonyl (C=O) groups is 1. The van der Waals surface area contributed by atoms with Crippen LogP contribution in [0.5, 0.6) is 0 Å². The molecule has 1 N–H and O–H groups in total. The molecule has 0 spiro atoms. The van der Waals surface area contributed by atoms with Gasteiger partial charge in [0.2, 0.25) is 5.91 Å². The molecular formula is C15H20N2O2. The van der Waals surface area contributed by atoms with Gasteiger partial charge >= 0.3 is 0 Å². The van der Waals surface area contributed by atoms with Crippen LogP contribution in [-0.2, 0) is 22.4 Å². The van der Waals surface area contributed by atoms with Gasteiger partial charge in [0.05, 0.1) is 13.2 Å². The van der Waals surface area contributed by atoms with Crippen molar-refractivity contribution in [2.75, 3.05) is 38.2 Å². The Kier molecular flexibility index (Phi) is 3.69. The maximum Gasteiger partial charge on any atom is 0.223 e. The minimum Gasteiger partial charge on any atom is -0.384 e. The lowest BCUT2D eigenvalue weighted by molar-refractivity contribution is -0.135. The van der Waals surface area contributed by atoms with E-state index < -0.39 is 0 Å². The first-order valence-electron chi connectivity index (χ1n) is 7.05. The number of nitrogens with one attached hydrogen (secondary N) is 1. The number of carbonyl (C=O) groups excluding carboxylic acids is 1. The highest BCUT2D eigenvalue weighted by Gasteiger charge is 2.18. The van der Waals surface area contributed by atoms with Gasteiger partial charge in [-0.05, 0) is 24.0 Å². The summed E-state index contributed by atoms with van der Waals surface area (Å²) in [4.78, 5) is 14.0. The molecular weight excluding hydrogens is 240 g/mol. The fourth-order valence-corrected chi connectivity index (χ4v) is 2.83. The topological polar surface area (TPSA) is 41.6 Å². The number of fused-ring (bicyclic) bond motifs is 1. The van der Waals surface area contributed by atoms with E-state index in [0.29, 0.717) is 19.6 Å². The molecule has 4 nitrogen and oxygen atoms in total. The summed E-state index contributed by atoms with van der Waals surface area (Å²) < 4.78 is 5.27. The summed E-state index contributed by atoms with van der Waals surface area (Å²) >= 11 is 0. The van der Waals surface area contributed by atoms with Crippen LogP contribution in [0.4, 0.5) is 5.69 Å². The van der Waals surface area contributed by atoms with Crippen molar-refractivity contribution in [3.63, 3.8) is 0 Å². The molecule has 0 aromatic heterocycles. The molecule has 3 rings (SSSR count). The maximum absolute atomic E-state index is 12.1. The summed E-state index contributed by atoms with van der Waals surface area (Å²) in [5, 5.41) is 3.43. The molecule has 0 unspecified atom stereocenters. The van der Waals surface area contributed by atoms with Crippen molar-refractivity contribution >= 4 is 11.6 Å². The van der Waals surface area contributed by atoms with Crippen LogP contribution in [0.1, 0.15) is 17.5 Å². The molecule has 0 bridgehead atoms. The molecule has 4 heteroatoms. The van der Waals surface area contributed by atoms with Gasteiger partial charge in [-0.3, -0.25) is 4.79 Å². The maximum atomic E-state index is 12.1. The minimum absolute atomic E-state index is 0.249. The van der Waals surface area contributed by atoms with Crippen LogP contribution in [0, 0.1) is 0 Å². The number of benzene rings is 1. The van der Waals surface area contributed by atoms with Crippen LogP contribution in [0.3, 0.4) is 0 Å². The van der Waals surface area contributed by atoms with E-state index in [1.807, 2.05) is 4.90 Å². The van der Waals surface area contributed by atoms with Crippen LogP contribution < -0.4 is 5.32 Å². The Balaban J connectivity index is 1.60. The van der Waals surface area contributed by atoms with Crippen molar-refractivity contribution in [2.45, 2.75) is 19.3 Å². The monoisotopic (exact) mass is 260 g/mol. The van der Waals surface area contributed by atoms with E-state index in [1.54, 1.807) is 0 Å². The molecule has 1 aromatic rings. The van der Waals surface area contributed by atoms with Crippen LogP contribution in [-0.4, -0.2) is 43.7 Å². The number of morpholine rings is 1. The Morgan fingerprint density at radius 2 is 2.16 bits per heavy atom. The molecule has 2 heterocycles. The quantitative estimate of drug-likeness (QED) is 0.894. The standard InChI is InChI=1S/C15H20N2O2/c18-14(17-8-10-19-11-9-17)5-4-12-2-1-3-13-6-7-16-15(12)13/h1-3,16H,4-11H2. The Hall–Kier alpha value is -1.55. The number of rotatable bonds is 3. The Morgan fingerprint density at radius 3 is 3.00 bits per heavy atom. The predicted molar refractivity (Wildman–Crippen MR) is 74.4 cm³/mol. The van der Waals surface area contributed by atoms with Gasteiger partial charge in [-0.15, -0.1) is 0 Å². The highest BCUT2D eigenvalue weighted by molar-refractivity contribution is 5.77. The van der Waals surface area contributed by atoms with E-state index in [0.717, 1.165) is 32.5 Å². The van der Waals surface area contributed by atoms with E-state index in [-0.39, 0.29) is 5.91 Å². The second-order valence-electron chi connectivity index (χ2n) is 5.12. The second kappa shape index (κ2) is 5.61. The highest BCUT2D eigenvalue weighted by atomic mass is 16.5. The lowest BCUT2D eigenvalue weighted by Crippen LogP contribution is -2.40. The van der Waals surface area contributed by atoms with E-state index in [2.05, 4.69) is 23.5 Å². The smallest absolute Gasteiger partial charge is 0.223 e. The number of nitrogens with zero attached hydrogens (tertiary/aromatic N) is 1. The third-order valence-electron chi connectivity index (χ3n) is 3.91. The van der Waals surface area contributed by atoms with Gasteiger partial charge in [-0.2, -0.15) is 0 Å². The van der Waals surface area contributed by atoms with E-state index in [1.165, 1.54) is 16.8 Å². The van der Waals surface area contributed by atoms with Gasteiger partial charge in [0, 0.05) is 31.7 Å². The van der Waals surface area contributed by atoms with Crippen molar-refractivity contribution in [3.05, 3.63) is 29.3 Å². The zero-order valence-electron chi connectivity index (χ0n) is 11.2. The molecule has 0 atom stereocenters. The van der Waals surface area contributed by atoms with Crippen LogP contribution >= 0.6 is 0 Å². The van der Waals surface area contributed by atoms with Crippen molar-refractivity contribution in [1.29, 1.82) is 0 Å². The molecule has 1 amide bonds. The third-order valence-corrected chi connectivity index (χ3v) is 3.91.